The predicted molar refractivity (Wildman–Crippen MR) is 266 cm³/mol. The zero-order chi connectivity index (χ0) is 42.4. The monoisotopic (exact) mass is 814 g/mol. The van der Waals surface area contributed by atoms with E-state index in [-0.39, 0.29) is 0 Å². The Morgan fingerprint density at radius 3 is 1.48 bits per heavy atom. The summed E-state index contributed by atoms with van der Waals surface area (Å²) in [5.41, 5.74) is 14.5. The first kappa shape index (κ1) is 37.2. The van der Waals surface area contributed by atoms with Gasteiger partial charge in [0.2, 0.25) is 0 Å². The molecule has 0 amide bonds. The summed E-state index contributed by atoms with van der Waals surface area (Å²) in [7, 11) is 0. The minimum Gasteiger partial charge on any atom is -0.253 e. The van der Waals surface area contributed by atoms with Crippen molar-refractivity contribution in [1.29, 1.82) is 0 Å². The molecule has 4 nitrogen and oxygen atoms in total. The maximum absolute atomic E-state index is 5.35. The smallest absolute Gasteiger partial charge is 0.179 e. The molecule has 0 aliphatic heterocycles. The second kappa shape index (κ2) is 15.7. The Morgan fingerprint density at radius 2 is 0.812 bits per heavy atom. The molecule has 0 saturated heterocycles. The van der Waals surface area contributed by atoms with Gasteiger partial charge in [-0.25, -0.2) is 15.0 Å². The van der Waals surface area contributed by atoms with Gasteiger partial charge in [-0.3, -0.25) is 4.98 Å². The van der Waals surface area contributed by atoms with Gasteiger partial charge in [0.1, 0.15) is 5.69 Å². The molecule has 0 unspecified atom stereocenters. The molecule has 12 rings (SSSR count). The number of hydrogen-bond donors (Lipinski definition) is 0. The van der Waals surface area contributed by atoms with Crippen molar-refractivity contribution in [3.8, 4) is 78.7 Å². The van der Waals surface area contributed by atoms with Crippen molar-refractivity contribution in [2.45, 2.75) is 0 Å². The maximum atomic E-state index is 5.35. The second-order valence-electron chi connectivity index (χ2n) is 16.2. The Bertz CT molecular complexity index is 3680. The highest BCUT2D eigenvalue weighted by Crippen LogP contribution is 2.42. The summed E-state index contributed by atoms with van der Waals surface area (Å²) in [6.45, 7) is 0. The first-order chi connectivity index (χ1) is 31.7. The fourth-order valence-corrected chi connectivity index (χ4v) is 9.10. The molecule has 3 heterocycles. The number of hydrogen-bond acceptors (Lipinski definition) is 4. The Labute approximate surface area is 370 Å². The van der Waals surface area contributed by atoms with Crippen LogP contribution in [0.4, 0.5) is 0 Å². The molecular weight excluding hydrogens is 777 g/mol. The van der Waals surface area contributed by atoms with Gasteiger partial charge in [-0.05, 0) is 91.3 Å². The van der Waals surface area contributed by atoms with Gasteiger partial charge in [0.05, 0.1) is 22.6 Å². The van der Waals surface area contributed by atoms with Crippen LogP contribution in [0.2, 0.25) is 0 Å². The SMILES string of the molecule is c1ccc(-c2ccc(-c3cc(-c4ccc(-c5ccc(-c6cc7c(-c8ccc9ccccc9c8)nc8ccccc8c7c7ccccc67)cc5)cc4)nc(-c4ccccn4)n3)cc2)cc1. The number of pyridine rings is 2. The predicted octanol–water partition coefficient (Wildman–Crippen LogP) is 15.5. The molecule has 0 spiro atoms. The van der Waals surface area contributed by atoms with Gasteiger partial charge in [-0.15, -0.1) is 0 Å². The lowest BCUT2D eigenvalue weighted by Gasteiger charge is -2.16. The van der Waals surface area contributed by atoms with Crippen molar-refractivity contribution in [1.82, 2.24) is 19.9 Å². The Morgan fingerprint density at radius 1 is 0.281 bits per heavy atom. The summed E-state index contributed by atoms with van der Waals surface area (Å²) in [6.07, 6.45) is 1.78. The van der Waals surface area contributed by atoms with Crippen LogP contribution in [0.5, 0.6) is 0 Å². The molecule has 0 atom stereocenters. The van der Waals surface area contributed by atoms with Gasteiger partial charge in [-0.2, -0.15) is 0 Å². The largest absolute Gasteiger partial charge is 0.253 e. The highest BCUT2D eigenvalue weighted by molar-refractivity contribution is 6.25. The minimum atomic E-state index is 0.592. The van der Waals surface area contributed by atoms with E-state index in [1.807, 2.05) is 24.3 Å². The molecular formula is C60H38N4. The van der Waals surface area contributed by atoms with Crippen LogP contribution in [-0.4, -0.2) is 19.9 Å². The lowest BCUT2D eigenvalue weighted by atomic mass is 9.89. The second-order valence-corrected chi connectivity index (χ2v) is 16.2. The Kier molecular flexibility index (Phi) is 9.12. The van der Waals surface area contributed by atoms with E-state index in [0.717, 1.165) is 78.0 Å². The van der Waals surface area contributed by atoms with Gasteiger partial charge in [0, 0.05) is 39.0 Å². The molecule has 64 heavy (non-hydrogen) atoms. The third kappa shape index (κ3) is 6.75. The van der Waals surface area contributed by atoms with Gasteiger partial charge in [0.25, 0.3) is 0 Å². The molecule has 0 N–H and O–H groups in total. The fraction of sp³-hybridized carbons (Fsp3) is 0. The average molecular weight is 815 g/mol. The topological polar surface area (TPSA) is 51.6 Å². The Hall–Kier alpha value is -8.60. The van der Waals surface area contributed by atoms with Crippen LogP contribution >= 0.6 is 0 Å². The molecule has 0 fully saturated rings. The van der Waals surface area contributed by atoms with Crippen molar-refractivity contribution >= 4 is 43.2 Å². The van der Waals surface area contributed by atoms with E-state index in [9.17, 15) is 0 Å². The third-order valence-corrected chi connectivity index (χ3v) is 12.3. The molecule has 298 valence electrons. The lowest BCUT2D eigenvalue weighted by molar-refractivity contribution is 1.15. The normalized spacial score (nSPS) is 11.4. The summed E-state index contributed by atoms with van der Waals surface area (Å²) in [6, 6.07) is 79.4. The van der Waals surface area contributed by atoms with Crippen LogP contribution in [0.1, 0.15) is 0 Å². The molecule has 0 bridgehead atoms. The number of aromatic nitrogens is 4. The van der Waals surface area contributed by atoms with Gasteiger partial charge in [0.15, 0.2) is 5.82 Å². The summed E-state index contributed by atoms with van der Waals surface area (Å²) in [5, 5.41) is 8.39. The number of rotatable bonds is 7. The van der Waals surface area contributed by atoms with Crippen LogP contribution in [0.25, 0.3) is 122 Å². The van der Waals surface area contributed by atoms with E-state index < -0.39 is 0 Å². The van der Waals surface area contributed by atoms with E-state index in [1.165, 1.54) is 38.1 Å². The molecule has 9 aromatic carbocycles. The van der Waals surface area contributed by atoms with Crippen molar-refractivity contribution < 1.29 is 0 Å². The zero-order valence-electron chi connectivity index (χ0n) is 34.7. The van der Waals surface area contributed by atoms with Crippen LogP contribution in [-0.2, 0) is 0 Å². The van der Waals surface area contributed by atoms with E-state index in [1.54, 1.807) is 6.20 Å². The lowest BCUT2D eigenvalue weighted by Crippen LogP contribution is -1.97. The number of fused-ring (bicyclic) bond motifs is 6. The molecule has 0 radical (unpaired) electrons. The van der Waals surface area contributed by atoms with E-state index in [2.05, 4.69) is 205 Å². The highest BCUT2D eigenvalue weighted by Gasteiger charge is 2.18. The van der Waals surface area contributed by atoms with Crippen molar-refractivity contribution in [3.05, 3.63) is 231 Å². The van der Waals surface area contributed by atoms with Crippen molar-refractivity contribution in [2.75, 3.05) is 0 Å². The molecule has 0 saturated carbocycles. The van der Waals surface area contributed by atoms with E-state index in [4.69, 9.17) is 15.0 Å². The van der Waals surface area contributed by atoms with Gasteiger partial charge < -0.3 is 0 Å². The minimum absolute atomic E-state index is 0.592. The highest BCUT2D eigenvalue weighted by atomic mass is 14.9. The maximum Gasteiger partial charge on any atom is 0.179 e. The molecule has 4 heteroatoms. The van der Waals surface area contributed by atoms with Crippen LogP contribution in [0.15, 0.2) is 231 Å². The van der Waals surface area contributed by atoms with Gasteiger partial charge >= 0.3 is 0 Å². The molecule has 0 aliphatic carbocycles. The number of para-hydroxylation sites is 1. The van der Waals surface area contributed by atoms with Crippen LogP contribution in [0.3, 0.4) is 0 Å². The number of benzene rings is 9. The quantitative estimate of drug-likeness (QED) is 0.150. The summed E-state index contributed by atoms with van der Waals surface area (Å²) >= 11 is 0. The zero-order valence-corrected chi connectivity index (χ0v) is 34.7. The molecule has 0 aliphatic rings. The van der Waals surface area contributed by atoms with Crippen molar-refractivity contribution in [2.24, 2.45) is 0 Å². The Balaban J connectivity index is 0.912. The van der Waals surface area contributed by atoms with Gasteiger partial charge in [-0.1, -0.05) is 188 Å². The molecule has 3 aromatic heterocycles. The summed E-state index contributed by atoms with van der Waals surface area (Å²) in [4.78, 5) is 20.0. The standard InChI is InChI=1S/C60H38N4/c1-2-12-39(13-3-1)41-23-30-45(31-24-41)56-38-57(64-60(63-56)55-20-10-11-35-61-55)46-32-25-43(26-33-46)42-21-28-44(29-22-42)52-37-53-58(50-17-7-6-16-49(50)52)51-18-8-9-19-54(51)62-59(53)48-34-27-40-14-4-5-15-47(40)36-48/h1-38H. The van der Waals surface area contributed by atoms with E-state index in [0.29, 0.717) is 5.82 Å². The average Bonchev–Trinajstić information content (AvgIpc) is 3.38. The fourth-order valence-electron chi connectivity index (χ4n) is 9.10. The summed E-state index contributed by atoms with van der Waals surface area (Å²) < 4.78 is 0. The molecule has 12 aromatic rings. The number of nitrogens with zero attached hydrogens (tertiary/aromatic N) is 4. The summed E-state index contributed by atoms with van der Waals surface area (Å²) in [5.74, 6) is 0.592. The van der Waals surface area contributed by atoms with Crippen LogP contribution in [0, 0.1) is 0 Å². The third-order valence-electron chi connectivity index (χ3n) is 12.3. The van der Waals surface area contributed by atoms with E-state index >= 15 is 0 Å². The first-order valence-corrected chi connectivity index (χ1v) is 21.6. The van der Waals surface area contributed by atoms with Crippen molar-refractivity contribution in [3.63, 3.8) is 0 Å². The first-order valence-electron chi connectivity index (χ1n) is 21.6. The van der Waals surface area contributed by atoms with Crippen LogP contribution < -0.4 is 0 Å².